The van der Waals surface area contributed by atoms with Crippen LogP contribution in [0.25, 0.3) is 11.0 Å². The molecule has 1 saturated heterocycles. The van der Waals surface area contributed by atoms with Gasteiger partial charge in [0.25, 0.3) is 0 Å². The Bertz CT molecular complexity index is 752. The van der Waals surface area contributed by atoms with Gasteiger partial charge >= 0.3 is 0 Å². The molecule has 2 N–H and O–H groups in total. The Morgan fingerprint density at radius 3 is 3.13 bits per heavy atom. The third-order valence-electron chi connectivity index (χ3n) is 5.43. The van der Waals surface area contributed by atoms with Gasteiger partial charge in [-0.3, -0.25) is 4.79 Å². The smallest absolute Gasteiger partial charge is 0.220 e. The van der Waals surface area contributed by atoms with E-state index in [1.165, 1.54) is 11.1 Å². The fourth-order valence-corrected chi connectivity index (χ4v) is 3.76. The number of benzene rings is 1. The lowest BCUT2D eigenvalue weighted by molar-refractivity contribution is -0.124. The highest BCUT2D eigenvalue weighted by molar-refractivity contribution is 5.80. The van der Waals surface area contributed by atoms with Crippen molar-refractivity contribution < 1.29 is 9.53 Å². The number of aromatic nitrogens is 2. The highest BCUT2D eigenvalue weighted by atomic mass is 16.5. The van der Waals surface area contributed by atoms with E-state index in [4.69, 9.17) is 4.74 Å². The quantitative estimate of drug-likeness (QED) is 0.911. The Hall–Kier alpha value is -1.88. The molecule has 5 heteroatoms. The Morgan fingerprint density at radius 2 is 2.30 bits per heavy atom. The maximum Gasteiger partial charge on any atom is 0.220 e. The van der Waals surface area contributed by atoms with Crippen molar-refractivity contribution in [1.82, 2.24) is 15.3 Å². The summed E-state index contributed by atoms with van der Waals surface area (Å²) in [6.45, 7) is 5.03. The molecule has 5 nitrogen and oxygen atoms in total. The van der Waals surface area contributed by atoms with Crippen molar-refractivity contribution in [1.29, 1.82) is 0 Å². The van der Waals surface area contributed by atoms with E-state index < -0.39 is 0 Å². The minimum atomic E-state index is 0.119. The van der Waals surface area contributed by atoms with E-state index in [1.54, 1.807) is 0 Å². The van der Waals surface area contributed by atoms with Gasteiger partial charge in [-0.2, -0.15) is 0 Å². The maximum atomic E-state index is 12.2. The SMILES string of the molecule is Cc1ccc2[nH]c(CCC(=O)N[C@H]3C[C@@H]4OCC[C@H]34)nc2c1C. The molecule has 122 valence electrons. The first-order chi connectivity index (χ1) is 11.1. The highest BCUT2D eigenvalue weighted by Crippen LogP contribution is 2.38. The standard InChI is InChI=1S/C18H23N3O2/c1-10-3-4-13-18(11(10)2)21-16(19-13)5-6-17(22)20-14-9-15-12(14)7-8-23-15/h3-4,12,14-15H,5-9H2,1-2H3,(H,19,21)(H,20,22)/t12-,14+,15+/m1/s1. The average Bonchev–Trinajstić information content (AvgIpc) is 3.10. The van der Waals surface area contributed by atoms with Gasteiger partial charge in [-0.1, -0.05) is 6.07 Å². The summed E-state index contributed by atoms with van der Waals surface area (Å²) in [6.07, 6.45) is 3.57. The lowest BCUT2D eigenvalue weighted by atomic mass is 9.76. The Labute approximate surface area is 135 Å². The number of H-pyrrole nitrogens is 1. The first-order valence-corrected chi connectivity index (χ1v) is 8.47. The molecule has 2 heterocycles. The van der Waals surface area contributed by atoms with Crippen LogP contribution < -0.4 is 5.32 Å². The highest BCUT2D eigenvalue weighted by Gasteiger charge is 2.45. The Balaban J connectivity index is 1.35. The molecule has 2 fully saturated rings. The maximum absolute atomic E-state index is 12.2. The molecule has 1 aromatic heterocycles. The van der Waals surface area contributed by atoms with Gasteiger partial charge in [0, 0.05) is 31.4 Å². The van der Waals surface area contributed by atoms with Crippen LogP contribution >= 0.6 is 0 Å². The topological polar surface area (TPSA) is 67.0 Å². The van der Waals surface area contributed by atoms with Crippen LogP contribution in [0.4, 0.5) is 0 Å². The number of ether oxygens (including phenoxy) is 1. The minimum Gasteiger partial charge on any atom is -0.378 e. The number of imidazole rings is 1. The van der Waals surface area contributed by atoms with Gasteiger partial charge in [-0.05, 0) is 43.9 Å². The molecule has 0 unspecified atom stereocenters. The normalized spacial score (nSPS) is 26.1. The van der Waals surface area contributed by atoms with Crippen LogP contribution in [0.2, 0.25) is 0 Å². The molecular formula is C18H23N3O2. The average molecular weight is 313 g/mol. The molecule has 0 spiro atoms. The molecule has 0 bridgehead atoms. The lowest BCUT2D eigenvalue weighted by Crippen LogP contribution is -2.53. The molecule has 1 amide bonds. The van der Waals surface area contributed by atoms with Gasteiger partial charge in [-0.15, -0.1) is 0 Å². The van der Waals surface area contributed by atoms with Crippen LogP contribution in [0.5, 0.6) is 0 Å². The van der Waals surface area contributed by atoms with Crippen LogP contribution in [0.3, 0.4) is 0 Å². The van der Waals surface area contributed by atoms with Crippen LogP contribution in [-0.2, 0) is 16.0 Å². The number of aryl methyl sites for hydroxylation is 3. The van der Waals surface area contributed by atoms with Gasteiger partial charge < -0.3 is 15.0 Å². The van der Waals surface area contributed by atoms with Gasteiger partial charge in [0.15, 0.2) is 0 Å². The number of aromatic amines is 1. The zero-order valence-electron chi connectivity index (χ0n) is 13.7. The lowest BCUT2D eigenvalue weighted by Gasteiger charge is -2.39. The second kappa shape index (κ2) is 5.64. The molecule has 1 aliphatic heterocycles. The molecule has 1 saturated carbocycles. The fraction of sp³-hybridized carbons (Fsp3) is 0.556. The summed E-state index contributed by atoms with van der Waals surface area (Å²) in [5, 5.41) is 3.15. The molecule has 0 radical (unpaired) electrons. The molecule has 1 aromatic carbocycles. The fourth-order valence-electron chi connectivity index (χ4n) is 3.76. The van der Waals surface area contributed by atoms with E-state index in [9.17, 15) is 4.79 Å². The molecular weight excluding hydrogens is 290 g/mol. The monoisotopic (exact) mass is 313 g/mol. The van der Waals surface area contributed by atoms with Crippen molar-refractivity contribution in [2.45, 2.75) is 51.7 Å². The van der Waals surface area contributed by atoms with E-state index in [1.807, 2.05) is 0 Å². The molecule has 2 aromatic rings. The van der Waals surface area contributed by atoms with E-state index in [2.05, 4.69) is 41.3 Å². The number of nitrogens with one attached hydrogen (secondary N) is 2. The van der Waals surface area contributed by atoms with Crippen molar-refractivity contribution in [3.8, 4) is 0 Å². The third-order valence-corrected chi connectivity index (χ3v) is 5.43. The van der Waals surface area contributed by atoms with Crippen molar-refractivity contribution in [2.24, 2.45) is 5.92 Å². The first kappa shape index (κ1) is 14.7. The largest absolute Gasteiger partial charge is 0.378 e. The summed E-state index contributed by atoms with van der Waals surface area (Å²) in [5.41, 5.74) is 4.52. The number of carbonyl (C=O) groups is 1. The number of fused-ring (bicyclic) bond motifs is 2. The number of amides is 1. The zero-order valence-corrected chi connectivity index (χ0v) is 13.7. The van der Waals surface area contributed by atoms with Gasteiger partial charge in [-0.25, -0.2) is 4.98 Å². The number of hydrogen-bond acceptors (Lipinski definition) is 3. The van der Waals surface area contributed by atoms with Gasteiger partial charge in [0.1, 0.15) is 5.82 Å². The first-order valence-electron chi connectivity index (χ1n) is 8.47. The van der Waals surface area contributed by atoms with Crippen LogP contribution in [0, 0.1) is 19.8 Å². The van der Waals surface area contributed by atoms with E-state index in [0.717, 1.165) is 36.3 Å². The predicted octanol–water partition coefficient (Wildman–Crippen LogP) is 2.41. The summed E-state index contributed by atoms with van der Waals surface area (Å²) in [6, 6.07) is 4.47. The van der Waals surface area contributed by atoms with Gasteiger partial charge in [0.2, 0.25) is 5.91 Å². The summed E-state index contributed by atoms with van der Waals surface area (Å²) in [5.74, 6) is 1.55. The summed E-state index contributed by atoms with van der Waals surface area (Å²) in [7, 11) is 0. The third kappa shape index (κ3) is 2.63. The van der Waals surface area contributed by atoms with E-state index in [-0.39, 0.29) is 5.91 Å². The molecule has 3 atom stereocenters. The number of rotatable bonds is 4. The summed E-state index contributed by atoms with van der Waals surface area (Å²) < 4.78 is 5.58. The van der Waals surface area contributed by atoms with Crippen molar-refractivity contribution in [3.05, 3.63) is 29.1 Å². The number of hydrogen-bond donors (Lipinski definition) is 2. The van der Waals surface area contributed by atoms with Crippen molar-refractivity contribution >= 4 is 16.9 Å². The van der Waals surface area contributed by atoms with Gasteiger partial charge in [0.05, 0.1) is 17.1 Å². The zero-order chi connectivity index (χ0) is 16.0. The van der Waals surface area contributed by atoms with Crippen LogP contribution in [0.15, 0.2) is 12.1 Å². The van der Waals surface area contributed by atoms with Crippen molar-refractivity contribution in [3.63, 3.8) is 0 Å². The predicted molar refractivity (Wildman–Crippen MR) is 88.3 cm³/mol. The summed E-state index contributed by atoms with van der Waals surface area (Å²) >= 11 is 0. The molecule has 2 aliphatic rings. The van der Waals surface area contributed by atoms with Crippen LogP contribution in [-0.4, -0.2) is 34.6 Å². The number of carbonyl (C=O) groups excluding carboxylic acids is 1. The Kier molecular flexibility index (Phi) is 3.60. The molecule has 1 aliphatic carbocycles. The van der Waals surface area contributed by atoms with E-state index in [0.29, 0.717) is 30.9 Å². The molecule has 4 rings (SSSR count). The molecule has 23 heavy (non-hydrogen) atoms. The number of nitrogens with zero attached hydrogens (tertiary/aromatic N) is 1. The second-order valence-corrected chi connectivity index (χ2v) is 6.86. The van der Waals surface area contributed by atoms with Crippen LogP contribution in [0.1, 0.15) is 36.2 Å². The van der Waals surface area contributed by atoms with E-state index >= 15 is 0 Å². The second-order valence-electron chi connectivity index (χ2n) is 6.86. The summed E-state index contributed by atoms with van der Waals surface area (Å²) in [4.78, 5) is 20.1. The minimum absolute atomic E-state index is 0.119. The Morgan fingerprint density at radius 1 is 1.43 bits per heavy atom. The van der Waals surface area contributed by atoms with Crippen molar-refractivity contribution in [2.75, 3.05) is 6.61 Å².